The molecule has 7 rings (SSSR count). The van der Waals surface area contributed by atoms with Crippen molar-refractivity contribution >= 4 is 21.5 Å². The molecule has 0 atom stereocenters. The minimum atomic E-state index is -0.199. The maximum atomic E-state index is 2.35. The largest absolute Gasteiger partial charge is 0.0725 e. The molecule has 5 aromatic rings. The van der Waals surface area contributed by atoms with E-state index in [-0.39, 0.29) is 5.41 Å². The Kier molecular flexibility index (Phi) is 6.38. The van der Waals surface area contributed by atoms with Crippen molar-refractivity contribution in [2.24, 2.45) is 0 Å². The Morgan fingerprint density at radius 1 is 0.364 bits per heavy atom. The average Bonchev–Trinajstić information content (AvgIpc) is 3.40. The van der Waals surface area contributed by atoms with Gasteiger partial charge in [-0.2, -0.15) is 0 Å². The van der Waals surface area contributed by atoms with Crippen LogP contribution in [0.4, 0.5) is 0 Å². The second kappa shape index (κ2) is 9.24. The lowest BCUT2D eigenvalue weighted by molar-refractivity contribution is 0.797. The second-order valence-electron chi connectivity index (χ2n) is 7.71. The molecule has 166 valence electrons. The molecule has 0 bridgehead atoms. The van der Waals surface area contributed by atoms with E-state index in [1.54, 1.807) is 0 Å². The fourth-order valence-electron chi connectivity index (χ4n) is 5.74. The van der Waals surface area contributed by atoms with Gasteiger partial charge in [-0.25, -0.2) is 0 Å². The third-order valence-corrected chi connectivity index (χ3v) is 6.65. The molecule has 0 saturated carbocycles. The second-order valence-corrected chi connectivity index (χ2v) is 7.71. The van der Waals surface area contributed by atoms with Crippen LogP contribution in [0.2, 0.25) is 0 Å². The molecular weight excluding hydrogens is 396 g/mol. The topological polar surface area (TPSA) is 0 Å². The summed E-state index contributed by atoms with van der Waals surface area (Å²) in [5.74, 6) is 0. The first kappa shape index (κ1) is 22.8. The average molecular weight is 431 g/mol. The van der Waals surface area contributed by atoms with Crippen molar-refractivity contribution < 1.29 is 0 Å². The first-order valence-corrected chi connectivity index (χ1v) is 12.6. The van der Waals surface area contributed by atoms with E-state index < -0.39 is 0 Å². The molecular formula is C33H34. The molecule has 0 N–H and O–H groups in total. The summed E-state index contributed by atoms with van der Waals surface area (Å²) in [5, 5.41) is 5.53. The standard InChI is InChI=1S/C27H16.3C2H6/c1-3-11-21-19(9-1)20-10-2-4-12-22(20)27(21)23-13-5-7-17-15-16-18-8-6-14-24(27)26(18)25(17)23;3*1-2/h1-16H;3*1-2H3. The summed E-state index contributed by atoms with van der Waals surface area (Å²) in [6.45, 7) is 12.0. The predicted molar refractivity (Wildman–Crippen MR) is 146 cm³/mol. The Morgan fingerprint density at radius 3 is 1.15 bits per heavy atom. The van der Waals surface area contributed by atoms with Crippen LogP contribution in [0.15, 0.2) is 97.1 Å². The summed E-state index contributed by atoms with van der Waals surface area (Å²) in [6.07, 6.45) is 0. The molecule has 0 amide bonds. The van der Waals surface area contributed by atoms with E-state index in [0.717, 1.165) is 0 Å². The number of hydrogen-bond donors (Lipinski definition) is 0. The molecule has 0 aliphatic heterocycles. The summed E-state index contributed by atoms with van der Waals surface area (Å²) >= 11 is 0. The van der Waals surface area contributed by atoms with Gasteiger partial charge in [-0.1, -0.05) is 139 Å². The van der Waals surface area contributed by atoms with Gasteiger partial charge in [-0.3, -0.25) is 0 Å². The molecule has 5 aromatic carbocycles. The van der Waals surface area contributed by atoms with Crippen LogP contribution >= 0.6 is 0 Å². The third kappa shape index (κ3) is 2.90. The van der Waals surface area contributed by atoms with E-state index in [0.29, 0.717) is 0 Å². The molecule has 0 heterocycles. The summed E-state index contributed by atoms with van der Waals surface area (Å²) in [6, 6.07) is 36.1. The Bertz CT molecular complexity index is 1310. The van der Waals surface area contributed by atoms with Gasteiger partial charge in [-0.05, 0) is 54.9 Å². The van der Waals surface area contributed by atoms with Gasteiger partial charge in [0.1, 0.15) is 0 Å². The Hall–Kier alpha value is -3.38. The SMILES string of the molecule is CC.CC.CC.c1ccc2c(c1)-c1ccccc1C21c2cccc3ccc4cccc1c4c23. The van der Waals surface area contributed by atoms with Crippen LogP contribution in [0.1, 0.15) is 63.8 Å². The van der Waals surface area contributed by atoms with E-state index in [9.17, 15) is 0 Å². The number of fused-ring (bicyclic) bond motifs is 7. The molecule has 0 radical (unpaired) electrons. The summed E-state index contributed by atoms with van der Waals surface area (Å²) in [7, 11) is 0. The number of benzene rings is 5. The molecule has 0 saturated heterocycles. The van der Waals surface area contributed by atoms with Crippen LogP contribution in [-0.2, 0) is 5.41 Å². The van der Waals surface area contributed by atoms with Crippen molar-refractivity contribution in [2.75, 3.05) is 0 Å². The Morgan fingerprint density at radius 2 is 0.727 bits per heavy atom. The monoisotopic (exact) mass is 430 g/mol. The summed E-state index contributed by atoms with van der Waals surface area (Å²) in [4.78, 5) is 0. The lowest BCUT2D eigenvalue weighted by atomic mass is 9.70. The van der Waals surface area contributed by atoms with Gasteiger partial charge >= 0.3 is 0 Å². The molecule has 0 fully saturated rings. The van der Waals surface area contributed by atoms with Crippen molar-refractivity contribution in [3.8, 4) is 11.1 Å². The zero-order valence-electron chi connectivity index (χ0n) is 20.7. The first-order valence-electron chi connectivity index (χ1n) is 12.6. The minimum Gasteiger partial charge on any atom is -0.0683 e. The van der Waals surface area contributed by atoms with Gasteiger partial charge in [0, 0.05) is 0 Å². The fraction of sp³-hybridized carbons (Fsp3) is 0.212. The summed E-state index contributed by atoms with van der Waals surface area (Å²) < 4.78 is 0. The van der Waals surface area contributed by atoms with Crippen molar-refractivity contribution in [3.05, 3.63) is 119 Å². The van der Waals surface area contributed by atoms with E-state index in [2.05, 4.69) is 97.1 Å². The highest BCUT2D eigenvalue weighted by molar-refractivity contribution is 6.17. The van der Waals surface area contributed by atoms with Crippen LogP contribution in [0.5, 0.6) is 0 Å². The van der Waals surface area contributed by atoms with Crippen LogP contribution in [0, 0.1) is 0 Å². The minimum absolute atomic E-state index is 0.199. The first-order chi connectivity index (χ1) is 16.4. The molecule has 2 aliphatic rings. The molecule has 1 spiro atoms. The van der Waals surface area contributed by atoms with Crippen molar-refractivity contribution in [3.63, 3.8) is 0 Å². The molecule has 0 unspecified atom stereocenters. The Labute approximate surface area is 198 Å². The van der Waals surface area contributed by atoms with Gasteiger partial charge in [0.25, 0.3) is 0 Å². The zero-order valence-corrected chi connectivity index (χ0v) is 20.7. The Balaban J connectivity index is 0.000000403. The lowest BCUT2D eigenvalue weighted by Crippen LogP contribution is -2.25. The van der Waals surface area contributed by atoms with Crippen molar-refractivity contribution in [2.45, 2.75) is 47.0 Å². The highest BCUT2D eigenvalue weighted by Crippen LogP contribution is 2.62. The number of hydrogen-bond acceptors (Lipinski definition) is 0. The highest BCUT2D eigenvalue weighted by atomic mass is 14.5. The molecule has 0 aromatic heterocycles. The smallest absolute Gasteiger partial charge is 0.0683 e. The maximum absolute atomic E-state index is 2.35. The van der Waals surface area contributed by atoms with Gasteiger partial charge in [0.15, 0.2) is 0 Å². The van der Waals surface area contributed by atoms with Gasteiger partial charge in [0.2, 0.25) is 0 Å². The zero-order chi connectivity index (χ0) is 23.6. The van der Waals surface area contributed by atoms with Crippen molar-refractivity contribution in [1.29, 1.82) is 0 Å². The molecule has 33 heavy (non-hydrogen) atoms. The predicted octanol–water partition coefficient (Wildman–Crippen LogP) is 9.75. The van der Waals surface area contributed by atoms with Gasteiger partial charge < -0.3 is 0 Å². The van der Waals surface area contributed by atoms with Crippen molar-refractivity contribution in [1.82, 2.24) is 0 Å². The summed E-state index contributed by atoms with van der Waals surface area (Å²) in [5.41, 5.74) is 8.25. The van der Waals surface area contributed by atoms with Crippen LogP contribution < -0.4 is 0 Å². The quantitative estimate of drug-likeness (QED) is 0.210. The van der Waals surface area contributed by atoms with Crippen LogP contribution in [-0.4, -0.2) is 0 Å². The van der Waals surface area contributed by atoms with E-state index in [4.69, 9.17) is 0 Å². The van der Waals surface area contributed by atoms with E-state index in [1.165, 1.54) is 54.9 Å². The normalized spacial score (nSPS) is 12.8. The maximum Gasteiger partial charge on any atom is 0.0725 e. The van der Waals surface area contributed by atoms with Crippen LogP contribution in [0.3, 0.4) is 0 Å². The molecule has 2 aliphatic carbocycles. The van der Waals surface area contributed by atoms with Gasteiger partial charge in [0.05, 0.1) is 5.41 Å². The van der Waals surface area contributed by atoms with Gasteiger partial charge in [-0.15, -0.1) is 0 Å². The fourth-order valence-corrected chi connectivity index (χ4v) is 5.74. The van der Waals surface area contributed by atoms with Crippen LogP contribution in [0.25, 0.3) is 32.7 Å². The lowest BCUT2D eigenvalue weighted by Gasteiger charge is -2.30. The van der Waals surface area contributed by atoms with E-state index >= 15 is 0 Å². The highest BCUT2D eigenvalue weighted by Gasteiger charge is 2.50. The third-order valence-electron chi connectivity index (χ3n) is 6.65. The number of rotatable bonds is 0. The van der Waals surface area contributed by atoms with E-state index in [1.807, 2.05) is 41.5 Å². The molecule has 0 nitrogen and oxygen atoms in total. The molecule has 0 heteroatoms.